The Bertz CT molecular complexity index is 1070. The highest BCUT2D eigenvalue weighted by molar-refractivity contribution is 5.91. The van der Waals surface area contributed by atoms with Crippen LogP contribution in [0.1, 0.15) is 103 Å². The third-order valence-corrected chi connectivity index (χ3v) is 12.0. The monoisotopic (exact) mass is 549 g/mol. The van der Waals surface area contributed by atoms with Crippen molar-refractivity contribution < 1.29 is 14.3 Å². The van der Waals surface area contributed by atoms with E-state index in [1.54, 1.807) is 7.11 Å². The number of methoxy groups -OCH3 is 1. The van der Waals surface area contributed by atoms with Gasteiger partial charge in [-0.05, 0) is 135 Å². The fraction of sp³-hybridized carbons (Fsp3) is 0.750. The van der Waals surface area contributed by atoms with E-state index in [2.05, 4.69) is 51.7 Å². The van der Waals surface area contributed by atoms with Gasteiger partial charge in [-0.3, -0.25) is 9.69 Å². The quantitative estimate of drug-likeness (QED) is 0.310. The van der Waals surface area contributed by atoms with Crippen LogP contribution in [0.3, 0.4) is 0 Å². The van der Waals surface area contributed by atoms with Crippen LogP contribution in [-0.2, 0) is 11.3 Å². The number of benzene rings is 1. The molecule has 0 radical (unpaired) electrons. The predicted octanol–water partition coefficient (Wildman–Crippen LogP) is 8.40. The normalized spacial score (nSPS) is 33.9. The smallest absolute Gasteiger partial charge is 0.161 e. The molecule has 0 aromatic heterocycles. The van der Waals surface area contributed by atoms with Gasteiger partial charge in [0.2, 0.25) is 0 Å². The molecule has 40 heavy (non-hydrogen) atoms. The lowest BCUT2D eigenvalue weighted by molar-refractivity contribution is -0.117. The minimum atomic E-state index is 0.373. The van der Waals surface area contributed by atoms with Gasteiger partial charge >= 0.3 is 0 Å². The van der Waals surface area contributed by atoms with Crippen LogP contribution in [0, 0.1) is 47.8 Å². The third-order valence-electron chi connectivity index (χ3n) is 12.0. The highest BCUT2D eigenvalue weighted by atomic mass is 16.5. The van der Waals surface area contributed by atoms with Crippen LogP contribution >= 0.6 is 0 Å². The number of ketones is 1. The average Bonchev–Trinajstić information content (AvgIpc) is 3.10. The van der Waals surface area contributed by atoms with E-state index in [0.717, 1.165) is 81.2 Å². The summed E-state index contributed by atoms with van der Waals surface area (Å²) in [7, 11) is 1.77. The number of nitrogens with zero attached hydrogens (tertiary/aromatic N) is 1. The molecular weight excluding hydrogens is 494 g/mol. The number of rotatable bonds is 9. The molecule has 1 aromatic rings. The van der Waals surface area contributed by atoms with Crippen LogP contribution in [0.25, 0.3) is 0 Å². The summed E-state index contributed by atoms with van der Waals surface area (Å²) in [6.07, 6.45) is 14.4. The first kappa shape index (κ1) is 29.7. The Hall–Kier alpha value is -1.81. The Morgan fingerprint density at radius 3 is 2.58 bits per heavy atom. The summed E-state index contributed by atoms with van der Waals surface area (Å²) in [6, 6.07) is 4.39. The minimum Gasteiger partial charge on any atom is -0.493 e. The van der Waals surface area contributed by atoms with Crippen LogP contribution in [0.5, 0.6) is 11.5 Å². The molecule has 5 rings (SSSR count). The molecular formula is C36H55NO3. The lowest BCUT2D eigenvalue weighted by Gasteiger charge is -2.58. The van der Waals surface area contributed by atoms with Crippen LogP contribution in [0.2, 0.25) is 0 Å². The molecule has 5 unspecified atom stereocenters. The van der Waals surface area contributed by atoms with Crippen LogP contribution in [0.4, 0.5) is 0 Å². The van der Waals surface area contributed by atoms with Gasteiger partial charge in [-0.2, -0.15) is 0 Å². The van der Waals surface area contributed by atoms with Crippen molar-refractivity contribution in [3.63, 3.8) is 0 Å². The van der Waals surface area contributed by atoms with Crippen molar-refractivity contribution in [2.45, 2.75) is 105 Å². The Morgan fingerprint density at radius 2 is 1.82 bits per heavy atom. The van der Waals surface area contributed by atoms with Gasteiger partial charge in [0, 0.05) is 13.0 Å². The molecule has 4 nitrogen and oxygen atoms in total. The molecule has 0 N–H and O–H groups in total. The second kappa shape index (κ2) is 12.6. The van der Waals surface area contributed by atoms with Crippen molar-refractivity contribution >= 4 is 5.78 Å². The maximum absolute atomic E-state index is 12.2. The van der Waals surface area contributed by atoms with Crippen molar-refractivity contribution in [1.82, 2.24) is 4.90 Å². The summed E-state index contributed by atoms with van der Waals surface area (Å²) < 4.78 is 12.3. The molecule has 222 valence electrons. The van der Waals surface area contributed by atoms with Crippen molar-refractivity contribution in [2.24, 2.45) is 40.9 Å². The van der Waals surface area contributed by atoms with Gasteiger partial charge in [-0.15, -0.1) is 0 Å². The second-order valence-electron chi connectivity index (χ2n) is 13.9. The Kier molecular flexibility index (Phi) is 9.34. The summed E-state index contributed by atoms with van der Waals surface area (Å²) >= 11 is 0. The number of hydrogen-bond acceptors (Lipinski definition) is 4. The van der Waals surface area contributed by atoms with E-state index in [4.69, 9.17) is 9.47 Å². The van der Waals surface area contributed by atoms with E-state index < -0.39 is 0 Å². The van der Waals surface area contributed by atoms with Gasteiger partial charge in [-0.25, -0.2) is 0 Å². The van der Waals surface area contributed by atoms with Crippen LogP contribution in [-0.4, -0.2) is 37.5 Å². The number of fused-ring (bicyclic) bond motifs is 5. The third kappa shape index (κ3) is 5.76. The first-order chi connectivity index (χ1) is 19.3. The molecule has 0 aliphatic heterocycles. The van der Waals surface area contributed by atoms with E-state index in [1.165, 1.54) is 55.2 Å². The molecule has 3 fully saturated rings. The average molecular weight is 550 g/mol. The Morgan fingerprint density at radius 1 is 1.05 bits per heavy atom. The zero-order valence-electron chi connectivity index (χ0n) is 26.3. The number of hydrogen-bond donors (Lipinski definition) is 0. The SMILES string of the molecule is CCN(CC)Cc1cc(OC)c(OCC[C@H]2CCCCC3C4C(CCC32C)C2CCC(=O)C=C2C[C@H]4C)cc1C. The lowest BCUT2D eigenvalue weighted by Crippen LogP contribution is -2.51. The molecule has 0 bridgehead atoms. The molecule has 0 heterocycles. The largest absolute Gasteiger partial charge is 0.493 e. The second-order valence-corrected chi connectivity index (χ2v) is 13.9. The minimum absolute atomic E-state index is 0.373. The fourth-order valence-corrected chi connectivity index (χ4v) is 9.69. The number of carbonyl (C=O) groups is 1. The first-order valence-electron chi connectivity index (χ1n) is 16.5. The Balaban J connectivity index is 1.29. The summed E-state index contributed by atoms with van der Waals surface area (Å²) in [5, 5.41) is 0. The molecule has 1 aromatic carbocycles. The number of carbonyl (C=O) groups excluding carboxylic acids is 1. The van der Waals surface area contributed by atoms with E-state index >= 15 is 0 Å². The zero-order chi connectivity index (χ0) is 28.4. The van der Waals surface area contributed by atoms with Crippen molar-refractivity contribution in [3.8, 4) is 11.5 Å². The standard InChI is InChI=1S/C36H55NO3/c1-7-37(8-2)23-27-22-33(39-6)34(20-24(27)3)40-18-16-28-11-9-10-12-32-35-25(4)19-26-21-29(38)13-14-30(26)31(35)15-17-36(28,32)5/h20-22,25,28,30-32,35H,7-19,23H2,1-6H3/t25-,28-,30?,31?,32?,35?,36?/m1/s1. The number of ether oxygens (including phenoxy) is 2. The lowest BCUT2D eigenvalue weighted by atomic mass is 9.46. The first-order valence-corrected chi connectivity index (χ1v) is 16.5. The van der Waals surface area contributed by atoms with Crippen molar-refractivity contribution in [2.75, 3.05) is 26.8 Å². The fourth-order valence-electron chi connectivity index (χ4n) is 9.69. The van der Waals surface area contributed by atoms with Gasteiger partial charge in [0.15, 0.2) is 17.3 Å². The molecule has 4 aliphatic carbocycles. The van der Waals surface area contributed by atoms with Gasteiger partial charge in [0.05, 0.1) is 13.7 Å². The summed E-state index contributed by atoms with van der Waals surface area (Å²) in [5.74, 6) is 6.64. The maximum atomic E-state index is 12.2. The summed E-state index contributed by atoms with van der Waals surface area (Å²) in [6.45, 7) is 15.6. The van der Waals surface area contributed by atoms with Crippen molar-refractivity contribution in [3.05, 3.63) is 34.9 Å². The maximum Gasteiger partial charge on any atom is 0.161 e. The van der Waals surface area contributed by atoms with E-state index in [0.29, 0.717) is 29.0 Å². The zero-order valence-corrected chi connectivity index (χ0v) is 26.3. The van der Waals surface area contributed by atoms with E-state index in [-0.39, 0.29) is 0 Å². The molecule has 0 amide bonds. The molecule has 3 saturated carbocycles. The van der Waals surface area contributed by atoms with Gasteiger partial charge in [0.25, 0.3) is 0 Å². The summed E-state index contributed by atoms with van der Waals surface area (Å²) in [4.78, 5) is 14.6. The van der Waals surface area contributed by atoms with Gasteiger partial charge < -0.3 is 9.47 Å². The van der Waals surface area contributed by atoms with Crippen molar-refractivity contribution in [1.29, 1.82) is 0 Å². The predicted molar refractivity (Wildman–Crippen MR) is 164 cm³/mol. The molecule has 0 spiro atoms. The number of allylic oxidation sites excluding steroid dienone is 2. The molecule has 4 heteroatoms. The molecule has 0 saturated heterocycles. The van der Waals surface area contributed by atoms with Gasteiger partial charge in [-0.1, -0.05) is 46.1 Å². The number of aryl methyl sites for hydroxylation is 1. The topological polar surface area (TPSA) is 38.8 Å². The Labute approximate surface area is 244 Å². The van der Waals surface area contributed by atoms with E-state index in [9.17, 15) is 4.79 Å². The molecule has 7 atom stereocenters. The highest BCUT2D eigenvalue weighted by Crippen LogP contribution is 2.63. The van der Waals surface area contributed by atoms with Crippen LogP contribution < -0.4 is 9.47 Å². The van der Waals surface area contributed by atoms with E-state index in [1.807, 2.05) is 6.08 Å². The van der Waals surface area contributed by atoms with Crippen LogP contribution in [0.15, 0.2) is 23.8 Å². The van der Waals surface area contributed by atoms with Gasteiger partial charge in [0.1, 0.15) is 0 Å². The highest BCUT2D eigenvalue weighted by Gasteiger charge is 2.55. The molecule has 4 aliphatic rings. The summed E-state index contributed by atoms with van der Waals surface area (Å²) in [5.41, 5.74) is 4.51.